The molecule has 2 aliphatic rings. The second kappa shape index (κ2) is 4.82. The van der Waals surface area contributed by atoms with E-state index in [2.05, 4.69) is 10.6 Å². The SMILES string of the molecule is O=C(NC1CC1)C(O)CC[C@H]1CCNC1=O. The first-order chi connectivity index (χ1) is 7.66. The third-order valence-electron chi connectivity index (χ3n) is 3.18. The molecule has 2 fully saturated rings. The van der Waals surface area contributed by atoms with Gasteiger partial charge in [0.25, 0.3) is 0 Å². The van der Waals surface area contributed by atoms with E-state index in [4.69, 9.17) is 0 Å². The summed E-state index contributed by atoms with van der Waals surface area (Å²) in [5, 5.41) is 15.1. The molecule has 1 heterocycles. The zero-order valence-corrected chi connectivity index (χ0v) is 9.24. The van der Waals surface area contributed by atoms with E-state index in [9.17, 15) is 14.7 Å². The van der Waals surface area contributed by atoms with Gasteiger partial charge in [0.15, 0.2) is 0 Å². The molecule has 1 aliphatic heterocycles. The van der Waals surface area contributed by atoms with Gasteiger partial charge >= 0.3 is 0 Å². The molecule has 2 amide bonds. The number of hydrogen-bond donors (Lipinski definition) is 3. The Morgan fingerprint density at radius 1 is 1.50 bits per heavy atom. The van der Waals surface area contributed by atoms with Crippen molar-refractivity contribution in [1.29, 1.82) is 0 Å². The fourth-order valence-electron chi connectivity index (χ4n) is 1.94. The van der Waals surface area contributed by atoms with Crippen molar-refractivity contribution in [2.24, 2.45) is 5.92 Å². The van der Waals surface area contributed by atoms with Crippen molar-refractivity contribution in [3.8, 4) is 0 Å². The summed E-state index contributed by atoms with van der Waals surface area (Å²) in [5.41, 5.74) is 0. The summed E-state index contributed by atoms with van der Waals surface area (Å²) >= 11 is 0. The van der Waals surface area contributed by atoms with Gasteiger partial charge < -0.3 is 15.7 Å². The topological polar surface area (TPSA) is 78.4 Å². The molecular formula is C11H18N2O3. The van der Waals surface area contributed by atoms with Crippen LogP contribution in [0.1, 0.15) is 32.1 Å². The van der Waals surface area contributed by atoms with Crippen molar-refractivity contribution < 1.29 is 14.7 Å². The number of carbonyl (C=O) groups excluding carboxylic acids is 2. The minimum Gasteiger partial charge on any atom is -0.383 e. The molecule has 0 bridgehead atoms. The summed E-state index contributed by atoms with van der Waals surface area (Å²) in [6.45, 7) is 0.716. The lowest BCUT2D eigenvalue weighted by atomic mass is 9.99. The van der Waals surface area contributed by atoms with Crippen molar-refractivity contribution in [3.63, 3.8) is 0 Å². The molecule has 1 saturated heterocycles. The predicted octanol–water partition coefficient (Wildman–Crippen LogP) is -0.458. The van der Waals surface area contributed by atoms with E-state index in [1.54, 1.807) is 0 Å². The Balaban J connectivity index is 1.67. The summed E-state index contributed by atoms with van der Waals surface area (Å²) in [7, 11) is 0. The van der Waals surface area contributed by atoms with Crippen LogP contribution in [0, 0.1) is 5.92 Å². The minimum atomic E-state index is -0.964. The molecule has 1 saturated carbocycles. The fourth-order valence-corrected chi connectivity index (χ4v) is 1.94. The van der Waals surface area contributed by atoms with Crippen LogP contribution in [0.5, 0.6) is 0 Å². The van der Waals surface area contributed by atoms with Gasteiger partial charge in [-0.3, -0.25) is 9.59 Å². The Bertz CT molecular complexity index is 289. The maximum atomic E-state index is 11.4. The number of amides is 2. The zero-order valence-electron chi connectivity index (χ0n) is 9.24. The molecule has 5 nitrogen and oxygen atoms in total. The Kier molecular flexibility index (Phi) is 3.43. The smallest absolute Gasteiger partial charge is 0.249 e. The molecule has 3 N–H and O–H groups in total. The van der Waals surface area contributed by atoms with Crippen molar-refractivity contribution >= 4 is 11.8 Å². The molecule has 0 aromatic heterocycles. The lowest BCUT2D eigenvalue weighted by molar-refractivity contribution is -0.130. The Hall–Kier alpha value is -1.10. The van der Waals surface area contributed by atoms with Crippen molar-refractivity contribution in [2.45, 2.75) is 44.2 Å². The van der Waals surface area contributed by atoms with E-state index in [0.717, 1.165) is 19.3 Å². The van der Waals surface area contributed by atoms with Gasteiger partial charge in [-0.1, -0.05) is 0 Å². The molecule has 0 aromatic carbocycles. The Morgan fingerprint density at radius 3 is 2.81 bits per heavy atom. The summed E-state index contributed by atoms with van der Waals surface area (Å²) in [6.07, 6.45) is 2.85. The highest BCUT2D eigenvalue weighted by Crippen LogP contribution is 2.20. The molecule has 16 heavy (non-hydrogen) atoms. The highest BCUT2D eigenvalue weighted by molar-refractivity contribution is 5.82. The second-order valence-electron chi connectivity index (χ2n) is 4.65. The molecule has 2 atom stereocenters. The fraction of sp³-hybridized carbons (Fsp3) is 0.818. The average molecular weight is 226 g/mol. The van der Waals surface area contributed by atoms with Crippen LogP contribution in [0.4, 0.5) is 0 Å². The second-order valence-corrected chi connectivity index (χ2v) is 4.65. The monoisotopic (exact) mass is 226 g/mol. The third-order valence-corrected chi connectivity index (χ3v) is 3.18. The molecule has 0 radical (unpaired) electrons. The maximum Gasteiger partial charge on any atom is 0.249 e. The Morgan fingerprint density at radius 2 is 2.25 bits per heavy atom. The van der Waals surface area contributed by atoms with Crippen LogP contribution in [0.15, 0.2) is 0 Å². The first-order valence-electron chi connectivity index (χ1n) is 5.93. The lowest BCUT2D eigenvalue weighted by Crippen LogP contribution is -2.36. The van der Waals surface area contributed by atoms with Gasteiger partial charge in [-0.2, -0.15) is 0 Å². The number of rotatable bonds is 5. The quantitative estimate of drug-likeness (QED) is 0.593. The van der Waals surface area contributed by atoms with Gasteiger partial charge in [-0.25, -0.2) is 0 Å². The minimum absolute atomic E-state index is 0.0247. The molecular weight excluding hydrogens is 208 g/mol. The standard InChI is InChI=1S/C11H18N2O3/c14-9(11(16)13-8-2-3-8)4-1-7-5-6-12-10(7)15/h7-9,14H,1-6H2,(H,12,15)(H,13,16)/t7-,9?/m0/s1. The molecule has 90 valence electrons. The highest BCUT2D eigenvalue weighted by Gasteiger charge is 2.28. The summed E-state index contributed by atoms with van der Waals surface area (Å²) in [5.74, 6) is -0.265. The van der Waals surface area contributed by atoms with Crippen LogP contribution in [0.2, 0.25) is 0 Å². The maximum absolute atomic E-state index is 11.4. The van der Waals surface area contributed by atoms with Crippen molar-refractivity contribution in [3.05, 3.63) is 0 Å². The highest BCUT2D eigenvalue weighted by atomic mass is 16.3. The largest absolute Gasteiger partial charge is 0.383 e. The van der Waals surface area contributed by atoms with E-state index in [0.29, 0.717) is 19.4 Å². The van der Waals surface area contributed by atoms with Crippen LogP contribution >= 0.6 is 0 Å². The number of aliphatic hydroxyl groups excluding tert-OH is 1. The van der Waals surface area contributed by atoms with E-state index < -0.39 is 6.10 Å². The van der Waals surface area contributed by atoms with Gasteiger partial charge in [0.2, 0.25) is 11.8 Å². The van der Waals surface area contributed by atoms with E-state index in [1.165, 1.54) is 0 Å². The molecule has 2 rings (SSSR count). The third kappa shape index (κ3) is 2.95. The lowest BCUT2D eigenvalue weighted by Gasteiger charge is -2.12. The number of carbonyl (C=O) groups is 2. The van der Waals surface area contributed by atoms with Gasteiger partial charge in [-0.15, -0.1) is 0 Å². The number of hydrogen-bond acceptors (Lipinski definition) is 3. The summed E-state index contributed by atoms with van der Waals surface area (Å²) in [4.78, 5) is 22.7. The molecule has 5 heteroatoms. The van der Waals surface area contributed by atoms with Crippen LogP contribution in [0.3, 0.4) is 0 Å². The van der Waals surface area contributed by atoms with E-state index in [1.807, 2.05) is 0 Å². The van der Waals surface area contributed by atoms with Crippen LogP contribution < -0.4 is 10.6 Å². The van der Waals surface area contributed by atoms with Crippen LogP contribution in [0.25, 0.3) is 0 Å². The van der Waals surface area contributed by atoms with Gasteiger partial charge in [0.1, 0.15) is 6.10 Å². The van der Waals surface area contributed by atoms with Crippen molar-refractivity contribution in [1.82, 2.24) is 10.6 Å². The Labute approximate surface area is 94.6 Å². The van der Waals surface area contributed by atoms with Crippen LogP contribution in [-0.2, 0) is 9.59 Å². The first kappa shape index (κ1) is 11.4. The molecule has 1 unspecified atom stereocenters. The molecule has 0 aromatic rings. The van der Waals surface area contributed by atoms with Crippen LogP contribution in [-0.4, -0.2) is 35.6 Å². The molecule has 1 aliphatic carbocycles. The average Bonchev–Trinajstić information content (AvgIpc) is 2.97. The van der Waals surface area contributed by atoms with Gasteiger partial charge in [0, 0.05) is 18.5 Å². The number of nitrogens with one attached hydrogen (secondary N) is 2. The number of aliphatic hydroxyl groups is 1. The van der Waals surface area contributed by atoms with E-state index >= 15 is 0 Å². The normalized spacial score (nSPS) is 26.3. The van der Waals surface area contributed by atoms with E-state index in [-0.39, 0.29) is 23.8 Å². The first-order valence-corrected chi connectivity index (χ1v) is 5.93. The summed E-state index contributed by atoms with van der Waals surface area (Å²) in [6, 6.07) is 0.275. The summed E-state index contributed by atoms with van der Waals surface area (Å²) < 4.78 is 0. The molecule has 0 spiro atoms. The predicted molar refractivity (Wildman–Crippen MR) is 57.5 cm³/mol. The van der Waals surface area contributed by atoms with Crippen molar-refractivity contribution in [2.75, 3.05) is 6.54 Å². The van der Waals surface area contributed by atoms with Gasteiger partial charge in [-0.05, 0) is 32.1 Å². The van der Waals surface area contributed by atoms with Gasteiger partial charge in [0.05, 0.1) is 0 Å². The zero-order chi connectivity index (χ0) is 11.5.